The molecule has 1 heterocycles. The molecule has 1 aliphatic carbocycles. The molecule has 1 aromatic heterocycles. The quantitative estimate of drug-likeness (QED) is 0.841. The molecule has 2 unspecified atom stereocenters. The van der Waals surface area contributed by atoms with Crippen LogP contribution >= 0.6 is 0 Å². The van der Waals surface area contributed by atoms with Crippen molar-refractivity contribution in [2.24, 2.45) is 11.1 Å². The molecular weight excluding hydrogens is 224 g/mol. The topological polar surface area (TPSA) is 59.1 Å². The summed E-state index contributed by atoms with van der Waals surface area (Å²) in [5, 5.41) is 10.8. The lowest BCUT2D eigenvalue weighted by molar-refractivity contribution is 0.00508. The first kappa shape index (κ1) is 13.5. The van der Waals surface area contributed by atoms with Crippen LogP contribution in [0.3, 0.4) is 0 Å². The molecular formula is C15H24N2O. The molecule has 0 bridgehead atoms. The summed E-state index contributed by atoms with van der Waals surface area (Å²) >= 11 is 0. The van der Waals surface area contributed by atoms with Crippen molar-refractivity contribution in [3.8, 4) is 0 Å². The second kappa shape index (κ2) is 5.81. The molecule has 100 valence electrons. The van der Waals surface area contributed by atoms with Gasteiger partial charge < -0.3 is 10.8 Å². The average Bonchev–Trinajstić information content (AvgIpc) is 2.91. The van der Waals surface area contributed by atoms with Gasteiger partial charge in [0.2, 0.25) is 0 Å². The SMILES string of the molecule is CCC1(C(O)C(CN)c2ccccn2)CCCC1. The fourth-order valence-corrected chi connectivity index (χ4v) is 3.37. The molecule has 18 heavy (non-hydrogen) atoms. The van der Waals surface area contributed by atoms with Crippen LogP contribution in [0.25, 0.3) is 0 Å². The summed E-state index contributed by atoms with van der Waals surface area (Å²) in [6.07, 6.45) is 7.12. The molecule has 2 rings (SSSR count). The highest BCUT2D eigenvalue weighted by Crippen LogP contribution is 2.47. The maximum Gasteiger partial charge on any atom is 0.0692 e. The Kier molecular flexibility index (Phi) is 4.36. The smallest absolute Gasteiger partial charge is 0.0692 e. The fourth-order valence-electron chi connectivity index (χ4n) is 3.37. The van der Waals surface area contributed by atoms with Crippen molar-refractivity contribution in [3.05, 3.63) is 30.1 Å². The minimum Gasteiger partial charge on any atom is -0.392 e. The third-order valence-corrected chi connectivity index (χ3v) is 4.63. The number of hydrogen-bond donors (Lipinski definition) is 2. The number of hydrogen-bond acceptors (Lipinski definition) is 3. The third kappa shape index (κ3) is 2.43. The maximum atomic E-state index is 10.8. The zero-order valence-corrected chi connectivity index (χ0v) is 11.2. The Hall–Kier alpha value is -0.930. The van der Waals surface area contributed by atoms with E-state index >= 15 is 0 Å². The summed E-state index contributed by atoms with van der Waals surface area (Å²) in [6.45, 7) is 2.64. The van der Waals surface area contributed by atoms with Gasteiger partial charge in [-0.1, -0.05) is 25.8 Å². The lowest BCUT2D eigenvalue weighted by atomic mass is 9.72. The molecule has 0 spiro atoms. The van der Waals surface area contributed by atoms with Gasteiger partial charge in [0.05, 0.1) is 6.10 Å². The molecule has 0 aliphatic heterocycles. The van der Waals surface area contributed by atoms with Crippen LogP contribution < -0.4 is 5.73 Å². The van der Waals surface area contributed by atoms with E-state index in [0.29, 0.717) is 6.54 Å². The minimum atomic E-state index is -0.370. The van der Waals surface area contributed by atoms with E-state index in [1.807, 2.05) is 18.2 Å². The predicted molar refractivity (Wildman–Crippen MR) is 73.2 cm³/mol. The molecule has 3 heteroatoms. The van der Waals surface area contributed by atoms with E-state index in [2.05, 4.69) is 11.9 Å². The number of aliphatic hydroxyl groups is 1. The first-order chi connectivity index (χ1) is 8.73. The van der Waals surface area contributed by atoms with Crippen molar-refractivity contribution in [1.29, 1.82) is 0 Å². The Balaban J connectivity index is 2.22. The van der Waals surface area contributed by atoms with Crippen molar-refractivity contribution in [2.45, 2.75) is 51.0 Å². The van der Waals surface area contributed by atoms with Crippen molar-refractivity contribution >= 4 is 0 Å². The van der Waals surface area contributed by atoms with Gasteiger partial charge in [-0.05, 0) is 36.8 Å². The molecule has 3 nitrogen and oxygen atoms in total. The fraction of sp³-hybridized carbons (Fsp3) is 0.667. The molecule has 1 aliphatic rings. The lowest BCUT2D eigenvalue weighted by Gasteiger charge is -2.37. The first-order valence-corrected chi connectivity index (χ1v) is 7.02. The molecule has 1 fully saturated rings. The van der Waals surface area contributed by atoms with Crippen LogP contribution in [0.15, 0.2) is 24.4 Å². The molecule has 0 saturated heterocycles. The van der Waals surface area contributed by atoms with Crippen LogP contribution in [0, 0.1) is 5.41 Å². The Morgan fingerprint density at radius 3 is 2.61 bits per heavy atom. The number of rotatable bonds is 5. The highest BCUT2D eigenvalue weighted by molar-refractivity contribution is 5.14. The molecule has 1 saturated carbocycles. The van der Waals surface area contributed by atoms with Crippen LogP contribution in [0.1, 0.15) is 50.6 Å². The summed E-state index contributed by atoms with van der Waals surface area (Å²) in [4.78, 5) is 4.37. The van der Waals surface area contributed by atoms with Crippen molar-refractivity contribution in [2.75, 3.05) is 6.54 Å². The van der Waals surface area contributed by atoms with E-state index in [0.717, 1.165) is 25.0 Å². The zero-order chi connectivity index (χ0) is 13.0. The van der Waals surface area contributed by atoms with Crippen molar-refractivity contribution in [1.82, 2.24) is 4.98 Å². The van der Waals surface area contributed by atoms with Gasteiger partial charge in [-0.15, -0.1) is 0 Å². The highest BCUT2D eigenvalue weighted by Gasteiger charge is 2.42. The second-order valence-electron chi connectivity index (χ2n) is 5.46. The lowest BCUT2D eigenvalue weighted by Crippen LogP contribution is -2.40. The van der Waals surface area contributed by atoms with Crippen molar-refractivity contribution in [3.63, 3.8) is 0 Å². The first-order valence-electron chi connectivity index (χ1n) is 7.02. The van der Waals surface area contributed by atoms with Crippen LogP contribution in [-0.2, 0) is 0 Å². The van der Waals surface area contributed by atoms with Gasteiger partial charge in [-0.3, -0.25) is 4.98 Å². The average molecular weight is 248 g/mol. The van der Waals surface area contributed by atoms with Gasteiger partial charge in [0.15, 0.2) is 0 Å². The van der Waals surface area contributed by atoms with E-state index in [-0.39, 0.29) is 17.4 Å². The standard InChI is InChI=1S/C15H24N2O/c1-2-15(8-4-5-9-15)14(18)12(11-16)13-7-3-6-10-17-13/h3,6-7,10,12,14,18H,2,4-5,8-9,11,16H2,1H3. The number of nitrogens with zero attached hydrogens (tertiary/aromatic N) is 1. The molecule has 0 radical (unpaired) electrons. The van der Waals surface area contributed by atoms with Crippen LogP contribution in [-0.4, -0.2) is 22.7 Å². The van der Waals surface area contributed by atoms with E-state index in [9.17, 15) is 5.11 Å². The van der Waals surface area contributed by atoms with Gasteiger partial charge >= 0.3 is 0 Å². The summed E-state index contributed by atoms with van der Waals surface area (Å²) in [5.74, 6) is -0.0377. The molecule has 0 amide bonds. The minimum absolute atomic E-state index is 0.0377. The van der Waals surface area contributed by atoms with Crippen molar-refractivity contribution < 1.29 is 5.11 Å². The highest BCUT2D eigenvalue weighted by atomic mass is 16.3. The maximum absolute atomic E-state index is 10.8. The predicted octanol–water partition coefficient (Wildman–Crippen LogP) is 2.46. The molecule has 2 atom stereocenters. The monoisotopic (exact) mass is 248 g/mol. The number of aromatic nitrogens is 1. The Morgan fingerprint density at radius 1 is 1.39 bits per heavy atom. The zero-order valence-electron chi connectivity index (χ0n) is 11.2. The summed E-state index contributed by atoms with van der Waals surface area (Å²) in [7, 11) is 0. The number of nitrogens with two attached hydrogens (primary N) is 1. The van der Waals surface area contributed by atoms with E-state index in [1.54, 1.807) is 6.20 Å². The Bertz CT molecular complexity index is 360. The summed E-state index contributed by atoms with van der Waals surface area (Å²) in [5.41, 5.74) is 6.87. The summed E-state index contributed by atoms with van der Waals surface area (Å²) < 4.78 is 0. The van der Waals surface area contributed by atoms with Crippen LogP contribution in [0.4, 0.5) is 0 Å². The molecule has 3 N–H and O–H groups in total. The Morgan fingerprint density at radius 2 is 2.11 bits per heavy atom. The van der Waals surface area contributed by atoms with Gasteiger partial charge in [0.25, 0.3) is 0 Å². The van der Waals surface area contributed by atoms with E-state index < -0.39 is 0 Å². The van der Waals surface area contributed by atoms with Gasteiger partial charge in [-0.2, -0.15) is 0 Å². The summed E-state index contributed by atoms with van der Waals surface area (Å²) in [6, 6.07) is 5.83. The Labute approximate surface area is 109 Å². The van der Waals surface area contributed by atoms with Gasteiger partial charge in [0, 0.05) is 24.4 Å². The van der Waals surface area contributed by atoms with Crippen LogP contribution in [0.5, 0.6) is 0 Å². The van der Waals surface area contributed by atoms with E-state index in [4.69, 9.17) is 5.73 Å². The van der Waals surface area contributed by atoms with Gasteiger partial charge in [-0.25, -0.2) is 0 Å². The number of aliphatic hydroxyl groups excluding tert-OH is 1. The van der Waals surface area contributed by atoms with E-state index in [1.165, 1.54) is 12.8 Å². The largest absolute Gasteiger partial charge is 0.392 e. The second-order valence-corrected chi connectivity index (χ2v) is 5.46. The van der Waals surface area contributed by atoms with Crippen LogP contribution in [0.2, 0.25) is 0 Å². The third-order valence-electron chi connectivity index (χ3n) is 4.63. The molecule has 0 aromatic carbocycles. The number of pyridine rings is 1. The normalized spacial score (nSPS) is 21.7. The molecule has 1 aromatic rings. The van der Waals surface area contributed by atoms with Gasteiger partial charge in [0.1, 0.15) is 0 Å².